The molecule has 0 bridgehead atoms. The van der Waals surface area contributed by atoms with Gasteiger partial charge in [-0.2, -0.15) is 17.0 Å². The van der Waals surface area contributed by atoms with Crippen molar-refractivity contribution in [2.24, 2.45) is 0 Å². The Morgan fingerprint density at radius 2 is 2.40 bits per heavy atom. The predicted molar refractivity (Wildman–Crippen MR) is 65.8 cm³/mol. The first-order valence-corrected chi connectivity index (χ1v) is 6.68. The molecule has 15 heavy (non-hydrogen) atoms. The maximum Gasteiger partial charge on any atom is 0.185 e. The number of nitrogens with zero attached hydrogens (tertiary/aromatic N) is 2. The van der Waals surface area contributed by atoms with E-state index in [1.54, 1.807) is 0 Å². The molecule has 80 valence electrons. The van der Waals surface area contributed by atoms with E-state index >= 15 is 0 Å². The average Bonchev–Trinajstić information content (AvgIpc) is 2.54. The zero-order valence-electron chi connectivity index (χ0n) is 8.37. The van der Waals surface area contributed by atoms with Crippen LogP contribution in [0.3, 0.4) is 0 Å². The van der Waals surface area contributed by atoms with Gasteiger partial charge >= 0.3 is 0 Å². The van der Waals surface area contributed by atoms with Crippen LogP contribution in [0.4, 0.5) is 5.13 Å². The van der Waals surface area contributed by atoms with Gasteiger partial charge in [-0.05, 0) is 13.8 Å². The van der Waals surface area contributed by atoms with Crippen LogP contribution in [0, 0.1) is 11.3 Å². The molecule has 2 heterocycles. The molecule has 1 aliphatic heterocycles. The number of rotatable bonds is 2. The zero-order valence-corrected chi connectivity index (χ0v) is 10.8. The summed E-state index contributed by atoms with van der Waals surface area (Å²) in [5, 5.41) is 13.1. The molecular weight excluding hydrogens is 250 g/mol. The van der Waals surface area contributed by atoms with E-state index in [1.165, 1.54) is 11.3 Å². The van der Waals surface area contributed by atoms with Crippen molar-refractivity contribution >= 4 is 39.8 Å². The Bertz CT molecular complexity index is 421. The highest BCUT2D eigenvalue weighted by Crippen LogP contribution is 2.42. The molecule has 1 aromatic heterocycles. The van der Waals surface area contributed by atoms with Gasteiger partial charge in [0.15, 0.2) is 10.3 Å². The molecule has 1 fully saturated rings. The fourth-order valence-electron chi connectivity index (χ4n) is 1.30. The van der Waals surface area contributed by atoms with Crippen LogP contribution in [0.15, 0.2) is 0 Å². The van der Waals surface area contributed by atoms with Crippen LogP contribution in [-0.2, 0) is 0 Å². The standard InChI is InChI=1S/C9H10ClN3S2/c1-9(2)6(4-14-9)12-8-13-7(10)5(3-11)15-8/h6H,4H2,1-2H3,(H,12,13). The van der Waals surface area contributed by atoms with Crippen molar-refractivity contribution in [3.63, 3.8) is 0 Å². The van der Waals surface area contributed by atoms with Crippen molar-refractivity contribution in [2.75, 3.05) is 11.1 Å². The largest absolute Gasteiger partial charge is 0.356 e. The third kappa shape index (κ3) is 2.07. The highest BCUT2D eigenvalue weighted by Gasteiger charge is 2.39. The summed E-state index contributed by atoms with van der Waals surface area (Å²) < 4.78 is 0.241. The maximum absolute atomic E-state index is 8.74. The third-order valence-corrected chi connectivity index (χ3v) is 5.25. The van der Waals surface area contributed by atoms with E-state index in [2.05, 4.69) is 24.1 Å². The van der Waals surface area contributed by atoms with Crippen molar-refractivity contribution in [2.45, 2.75) is 24.6 Å². The molecule has 1 unspecified atom stereocenters. The number of nitrogens with one attached hydrogen (secondary N) is 1. The van der Waals surface area contributed by atoms with Crippen LogP contribution in [0.1, 0.15) is 18.7 Å². The number of halogens is 1. The summed E-state index contributed by atoms with van der Waals surface area (Å²) in [6, 6.07) is 2.44. The maximum atomic E-state index is 8.74. The molecule has 0 saturated carbocycles. The molecule has 0 amide bonds. The normalized spacial score (nSPS) is 22.9. The van der Waals surface area contributed by atoms with Gasteiger partial charge in [-0.25, -0.2) is 4.98 Å². The molecule has 1 N–H and O–H groups in total. The molecule has 1 saturated heterocycles. The topological polar surface area (TPSA) is 48.7 Å². The molecule has 0 radical (unpaired) electrons. The van der Waals surface area contributed by atoms with Gasteiger partial charge in [0.2, 0.25) is 0 Å². The first-order chi connectivity index (χ1) is 7.03. The Labute approximate surface area is 102 Å². The van der Waals surface area contributed by atoms with Crippen LogP contribution in [0.25, 0.3) is 0 Å². The van der Waals surface area contributed by atoms with Crippen LogP contribution >= 0.6 is 34.7 Å². The fraction of sp³-hybridized carbons (Fsp3) is 0.556. The summed E-state index contributed by atoms with van der Waals surface area (Å²) in [4.78, 5) is 4.59. The Morgan fingerprint density at radius 1 is 1.67 bits per heavy atom. The van der Waals surface area contributed by atoms with E-state index in [1.807, 2.05) is 17.8 Å². The van der Waals surface area contributed by atoms with Gasteiger partial charge < -0.3 is 5.32 Å². The number of nitriles is 1. The Morgan fingerprint density at radius 3 is 2.80 bits per heavy atom. The smallest absolute Gasteiger partial charge is 0.185 e. The molecule has 1 aliphatic rings. The Kier molecular flexibility index (Phi) is 2.84. The lowest BCUT2D eigenvalue weighted by molar-refractivity contribution is 0.576. The number of aromatic nitrogens is 1. The number of anilines is 1. The SMILES string of the molecule is CC1(C)SCC1Nc1nc(Cl)c(C#N)s1. The highest BCUT2D eigenvalue weighted by molar-refractivity contribution is 8.02. The first-order valence-electron chi connectivity index (χ1n) is 4.50. The first kappa shape index (κ1) is 11.1. The van der Waals surface area contributed by atoms with Gasteiger partial charge in [-0.3, -0.25) is 0 Å². The van der Waals surface area contributed by atoms with Crippen molar-refractivity contribution in [3.05, 3.63) is 10.0 Å². The van der Waals surface area contributed by atoms with Crippen LogP contribution < -0.4 is 5.32 Å². The number of hydrogen-bond acceptors (Lipinski definition) is 5. The molecule has 1 aromatic rings. The van der Waals surface area contributed by atoms with E-state index in [0.717, 1.165) is 10.9 Å². The lowest BCUT2D eigenvalue weighted by Crippen LogP contribution is -2.50. The van der Waals surface area contributed by atoms with Crippen LogP contribution in [0.2, 0.25) is 5.15 Å². The van der Waals surface area contributed by atoms with E-state index in [-0.39, 0.29) is 4.75 Å². The molecule has 2 rings (SSSR count). The second kappa shape index (κ2) is 3.85. The molecular formula is C9H10ClN3S2. The lowest BCUT2D eigenvalue weighted by atomic mass is 10.0. The highest BCUT2D eigenvalue weighted by atomic mass is 35.5. The second-order valence-electron chi connectivity index (χ2n) is 3.86. The van der Waals surface area contributed by atoms with E-state index in [4.69, 9.17) is 16.9 Å². The van der Waals surface area contributed by atoms with Crippen molar-refractivity contribution in [1.29, 1.82) is 5.26 Å². The van der Waals surface area contributed by atoms with Gasteiger partial charge in [-0.15, -0.1) is 0 Å². The van der Waals surface area contributed by atoms with Crippen LogP contribution in [0.5, 0.6) is 0 Å². The second-order valence-corrected chi connectivity index (χ2v) is 6.89. The Hall–Kier alpha value is -0.440. The minimum atomic E-state index is 0.241. The number of thiazole rings is 1. The molecule has 1 atom stereocenters. The summed E-state index contributed by atoms with van der Waals surface area (Å²) in [5.41, 5.74) is 0. The van der Waals surface area contributed by atoms with Gasteiger partial charge in [-0.1, -0.05) is 22.9 Å². The lowest BCUT2D eigenvalue weighted by Gasteiger charge is -2.43. The summed E-state index contributed by atoms with van der Waals surface area (Å²) in [6.07, 6.45) is 0. The summed E-state index contributed by atoms with van der Waals surface area (Å²) >= 11 is 9.03. The summed E-state index contributed by atoms with van der Waals surface area (Å²) in [7, 11) is 0. The van der Waals surface area contributed by atoms with Gasteiger partial charge in [0, 0.05) is 10.5 Å². The molecule has 0 aliphatic carbocycles. The quantitative estimate of drug-likeness (QED) is 0.887. The molecule has 0 spiro atoms. The third-order valence-electron chi connectivity index (χ3n) is 2.45. The van der Waals surface area contributed by atoms with E-state index in [9.17, 15) is 0 Å². The van der Waals surface area contributed by atoms with E-state index < -0.39 is 0 Å². The van der Waals surface area contributed by atoms with E-state index in [0.29, 0.717) is 16.1 Å². The number of thioether (sulfide) groups is 1. The molecule has 3 nitrogen and oxygen atoms in total. The fourth-order valence-corrected chi connectivity index (χ4v) is 3.44. The molecule has 6 heteroatoms. The summed E-state index contributed by atoms with van der Waals surface area (Å²) in [5.74, 6) is 1.08. The van der Waals surface area contributed by atoms with Crippen molar-refractivity contribution < 1.29 is 0 Å². The minimum Gasteiger partial charge on any atom is -0.356 e. The van der Waals surface area contributed by atoms with Crippen molar-refractivity contribution in [1.82, 2.24) is 4.98 Å². The Balaban J connectivity index is 2.09. The minimum absolute atomic E-state index is 0.241. The van der Waals surface area contributed by atoms with Gasteiger partial charge in [0.1, 0.15) is 10.9 Å². The van der Waals surface area contributed by atoms with Gasteiger partial charge in [0.05, 0.1) is 6.04 Å². The van der Waals surface area contributed by atoms with Crippen molar-refractivity contribution in [3.8, 4) is 6.07 Å². The summed E-state index contributed by atoms with van der Waals surface area (Å²) in [6.45, 7) is 4.39. The zero-order chi connectivity index (χ0) is 11.1. The molecule has 0 aromatic carbocycles. The average molecular weight is 260 g/mol. The van der Waals surface area contributed by atoms with Crippen LogP contribution in [-0.4, -0.2) is 21.5 Å². The monoisotopic (exact) mass is 259 g/mol. The predicted octanol–water partition coefficient (Wildman–Crippen LogP) is 2.97. The van der Waals surface area contributed by atoms with Gasteiger partial charge in [0.25, 0.3) is 0 Å². The number of hydrogen-bond donors (Lipinski definition) is 1.